The van der Waals surface area contributed by atoms with Crippen LogP contribution < -0.4 is 0 Å². The predicted molar refractivity (Wildman–Crippen MR) is 111 cm³/mol. The number of piperidine rings is 1. The van der Waals surface area contributed by atoms with E-state index in [1.807, 2.05) is 64.5 Å². The van der Waals surface area contributed by atoms with Gasteiger partial charge in [0, 0.05) is 36.6 Å². The number of amides is 1. The van der Waals surface area contributed by atoms with Crippen molar-refractivity contribution in [3.8, 4) is 5.69 Å². The van der Waals surface area contributed by atoms with Crippen LogP contribution in [-0.4, -0.2) is 52.2 Å². The van der Waals surface area contributed by atoms with Gasteiger partial charge in [0.25, 0.3) is 5.91 Å². The molecule has 28 heavy (non-hydrogen) atoms. The molecule has 2 aliphatic rings. The van der Waals surface area contributed by atoms with E-state index in [0.29, 0.717) is 0 Å². The smallest absolute Gasteiger partial charge is 0.257 e. The molecule has 0 unspecified atom stereocenters. The monoisotopic (exact) mass is 392 g/mol. The molecule has 2 aromatic heterocycles. The van der Waals surface area contributed by atoms with Gasteiger partial charge in [-0.25, -0.2) is 4.68 Å². The molecular weight excluding hydrogens is 368 g/mol. The lowest BCUT2D eigenvalue weighted by Gasteiger charge is -2.45. The Morgan fingerprint density at radius 1 is 1.11 bits per heavy atom. The van der Waals surface area contributed by atoms with Gasteiger partial charge in [-0.1, -0.05) is 24.3 Å². The van der Waals surface area contributed by atoms with Crippen LogP contribution in [0.2, 0.25) is 0 Å². The number of para-hydroxylation sites is 1. The molecule has 1 aromatic carbocycles. The number of hydrogen-bond donors (Lipinski definition) is 0. The molecule has 0 aliphatic carbocycles. The maximum absolute atomic E-state index is 12.8. The molecule has 144 valence electrons. The first-order valence-electron chi connectivity index (χ1n) is 9.80. The zero-order valence-electron chi connectivity index (χ0n) is 16.0. The van der Waals surface area contributed by atoms with Crippen molar-refractivity contribution in [2.24, 2.45) is 0 Å². The van der Waals surface area contributed by atoms with Crippen LogP contribution in [0.25, 0.3) is 5.69 Å². The van der Waals surface area contributed by atoms with Crippen LogP contribution in [0.3, 0.4) is 0 Å². The SMILES string of the molecule is CN1CC2(CCN(Cc3cccs3)CC2)c2nn(-c3ccccc3)cc2C1=O. The summed E-state index contributed by atoms with van der Waals surface area (Å²) in [6.07, 6.45) is 3.99. The summed E-state index contributed by atoms with van der Waals surface area (Å²) in [5, 5.41) is 7.08. The average Bonchev–Trinajstić information content (AvgIpc) is 3.39. The zero-order chi connectivity index (χ0) is 19.1. The lowest BCUT2D eigenvalue weighted by molar-refractivity contribution is 0.0629. The second-order valence-corrected chi connectivity index (χ2v) is 9.00. The minimum atomic E-state index is -0.0377. The third-order valence-electron chi connectivity index (χ3n) is 6.13. The van der Waals surface area contributed by atoms with Gasteiger partial charge < -0.3 is 4.90 Å². The van der Waals surface area contributed by atoms with Crippen molar-refractivity contribution >= 4 is 17.2 Å². The standard InChI is InChI=1S/C22H24N4OS/c1-24-16-22(9-11-25(12-10-22)14-18-8-5-13-28-18)20-19(21(24)27)15-26(23-20)17-6-3-2-4-7-17/h2-8,13,15H,9-12,14,16H2,1H3. The number of rotatable bonds is 3. The largest absolute Gasteiger partial charge is 0.341 e. The van der Waals surface area contributed by atoms with Crippen LogP contribution in [-0.2, 0) is 12.0 Å². The molecule has 3 aromatic rings. The van der Waals surface area contributed by atoms with Gasteiger partial charge in [-0.2, -0.15) is 5.10 Å². The Labute approximate surface area is 169 Å². The summed E-state index contributed by atoms with van der Waals surface area (Å²) in [6.45, 7) is 3.86. The Kier molecular flexibility index (Phi) is 4.33. The summed E-state index contributed by atoms with van der Waals surface area (Å²) in [5.74, 6) is 0.0869. The van der Waals surface area contributed by atoms with Crippen LogP contribution in [0.1, 0.15) is 33.8 Å². The van der Waals surface area contributed by atoms with Crippen molar-refractivity contribution in [3.05, 3.63) is 70.2 Å². The highest BCUT2D eigenvalue weighted by Gasteiger charge is 2.46. The van der Waals surface area contributed by atoms with Crippen molar-refractivity contribution in [1.29, 1.82) is 0 Å². The lowest BCUT2D eigenvalue weighted by atomic mass is 9.72. The molecule has 4 heterocycles. The van der Waals surface area contributed by atoms with Crippen molar-refractivity contribution in [3.63, 3.8) is 0 Å². The molecule has 0 bridgehead atoms. The topological polar surface area (TPSA) is 41.4 Å². The quantitative estimate of drug-likeness (QED) is 0.684. The van der Waals surface area contributed by atoms with E-state index in [0.717, 1.165) is 56.0 Å². The van der Waals surface area contributed by atoms with Gasteiger partial charge in [0.2, 0.25) is 0 Å². The van der Waals surface area contributed by atoms with Gasteiger partial charge in [-0.05, 0) is 49.5 Å². The van der Waals surface area contributed by atoms with Crippen LogP contribution in [0.15, 0.2) is 54.0 Å². The first kappa shape index (κ1) is 17.6. The first-order chi connectivity index (χ1) is 13.6. The second-order valence-electron chi connectivity index (χ2n) is 7.97. The number of benzene rings is 1. The highest BCUT2D eigenvalue weighted by molar-refractivity contribution is 7.09. The Morgan fingerprint density at radius 3 is 2.61 bits per heavy atom. The molecule has 0 saturated carbocycles. The highest BCUT2D eigenvalue weighted by atomic mass is 32.1. The van der Waals surface area contributed by atoms with Crippen molar-refractivity contribution < 1.29 is 4.79 Å². The van der Waals surface area contributed by atoms with E-state index < -0.39 is 0 Å². The highest BCUT2D eigenvalue weighted by Crippen LogP contribution is 2.41. The zero-order valence-corrected chi connectivity index (χ0v) is 16.9. The van der Waals surface area contributed by atoms with Crippen molar-refractivity contribution in [2.75, 3.05) is 26.7 Å². The van der Waals surface area contributed by atoms with Gasteiger partial charge in [-0.15, -0.1) is 11.3 Å². The van der Waals surface area contributed by atoms with Crippen molar-refractivity contribution in [1.82, 2.24) is 19.6 Å². The summed E-state index contributed by atoms with van der Waals surface area (Å²) in [5.41, 5.74) is 2.72. The molecule has 1 fully saturated rings. The number of thiophene rings is 1. The molecule has 0 N–H and O–H groups in total. The first-order valence-corrected chi connectivity index (χ1v) is 10.7. The number of fused-ring (bicyclic) bond motifs is 2. The third kappa shape index (κ3) is 2.97. The summed E-state index contributed by atoms with van der Waals surface area (Å²) >= 11 is 1.82. The Balaban J connectivity index is 1.44. The summed E-state index contributed by atoms with van der Waals surface area (Å²) in [6, 6.07) is 14.4. The van der Waals surface area contributed by atoms with Crippen LogP contribution in [0, 0.1) is 0 Å². The van der Waals surface area contributed by atoms with Gasteiger partial charge in [0.05, 0.1) is 16.9 Å². The summed E-state index contributed by atoms with van der Waals surface area (Å²) in [7, 11) is 1.92. The fraction of sp³-hybridized carbons (Fsp3) is 0.364. The van der Waals surface area contributed by atoms with Gasteiger partial charge >= 0.3 is 0 Å². The minimum absolute atomic E-state index is 0.0377. The number of carbonyl (C=O) groups is 1. The molecule has 2 aliphatic heterocycles. The van der Waals surface area contributed by atoms with E-state index in [1.165, 1.54) is 4.88 Å². The van der Waals surface area contributed by atoms with Gasteiger partial charge in [0.15, 0.2) is 0 Å². The normalized spacial score (nSPS) is 19.2. The lowest BCUT2D eigenvalue weighted by Crippen LogP contribution is -2.53. The molecule has 0 atom stereocenters. The maximum atomic E-state index is 12.8. The molecule has 1 spiro atoms. The summed E-state index contributed by atoms with van der Waals surface area (Å²) in [4.78, 5) is 18.7. The number of carbonyl (C=O) groups excluding carboxylic acids is 1. The van der Waals surface area contributed by atoms with E-state index in [1.54, 1.807) is 0 Å². The predicted octanol–water partition coefficient (Wildman–Crippen LogP) is 3.55. The van der Waals surface area contributed by atoms with Gasteiger partial charge in [-0.3, -0.25) is 9.69 Å². The van der Waals surface area contributed by atoms with E-state index in [2.05, 4.69) is 22.4 Å². The number of nitrogens with zero attached hydrogens (tertiary/aromatic N) is 4. The Morgan fingerprint density at radius 2 is 1.89 bits per heavy atom. The molecular formula is C22H24N4OS. The van der Waals surface area contributed by atoms with Gasteiger partial charge in [0.1, 0.15) is 0 Å². The molecule has 5 nitrogen and oxygen atoms in total. The van der Waals surface area contributed by atoms with E-state index in [4.69, 9.17) is 5.10 Å². The fourth-order valence-electron chi connectivity index (χ4n) is 4.60. The average molecular weight is 393 g/mol. The van der Waals surface area contributed by atoms with Crippen LogP contribution in [0.4, 0.5) is 0 Å². The minimum Gasteiger partial charge on any atom is -0.341 e. The third-order valence-corrected chi connectivity index (χ3v) is 6.99. The van der Waals surface area contributed by atoms with Crippen molar-refractivity contribution in [2.45, 2.75) is 24.8 Å². The fourth-order valence-corrected chi connectivity index (χ4v) is 5.34. The summed E-state index contributed by atoms with van der Waals surface area (Å²) < 4.78 is 1.88. The van der Waals surface area contributed by atoms with Crippen LogP contribution in [0.5, 0.6) is 0 Å². The molecule has 6 heteroatoms. The number of hydrogen-bond acceptors (Lipinski definition) is 4. The van der Waals surface area contributed by atoms with E-state index in [-0.39, 0.29) is 11.3 Å². The molecule has 5 rings (SSSR count). The number of likely N-dealkylation sites (N-methyl/N-ethyl adjacent to an activating group) is 1. The second kappa shape index (κ2) is 6.87. The molecule has 1 amide bonds. The van der Waals surface area contributed by atoms with E-state index in [9.17, 15) is 4.79 Å². The Bertz CT molecular complexity index is 971. The maximum Gasteiger partial charge on any atom is 0.257 e. The number of aromatic nitrogens is 2. The molecule has 0 radical (unpaired) electrons. The van der Waals surface area contributed by atoms with Crippen LogP contribution >= 0.6 is 11.3 Å². The number of likely N-dealkylation sites (tertiary alicyclic amines) is 1. The molecule has 1 saturated heterocycles. The van der Waals surface area contributed by atoms with E-state index >= 15 is 0 Å². The Hall–Kier alpha value is -2.44.